The summed E-state index contributed by atoms with van der Waals surface area (Å²) >= 11 is 0. The quantitative estimate of drug-likeness (QED) is 0.459. The van der Waals surface area contributed by atoms with Crippen molar-refractivity contribution in [2.75, 3.05) is 0 Å². The van der Waals surface area contributed by atoms with Gasteiger partial charge in [0.2, 0.25) is 0 Å². The van der Waals surface area contributed by atoms with Crippen molar-refractivity contribution in [2.45, 2.75) is 85.5 Å². The van der Waals surface area contributed by atoms with Gasteiger partial charge in [0, 0.05) is 0 Å². The number of fused-ring (bicyclic) bond motifs is 5. The number of rotatable bonds is 0. The fraction of sp³-hybridized carbons (Fsp3) is 1.00. The minimum atomic E-state index is 0.537. The minimum Gasteiger partial charge on any atom is -0.0622 e. The van der Waals surface area contributed by atoms with E-state index in [-0.39, 0.29) is 0 Å². The Morgan fingerprint density at radius 3 is 2.17 bits per heavy atom. The third-order valence-corrected chi connectivity index (χ3v) is 10.1. The third kappa shape index (κ3) is 2.23. The van der Waals surface area contributed by atoms with Crippen LogP contribution in [0, 0.1) is 64.6 Å². The van der Waals surface area contributed by atoms with E-state index in [1.54, 1.807) is 51.4 Å². The predicted molar refractivity (Wildman–Crippen MR) is 102 cm³/mol. The summed E-state index contributed by atoms with van der Waals surface area (Å²) in [5.41, 5.74) is 0.537. The molecular formula is C24H40. The van der Waals surface area contributed by atoms with Crippen molar-refractivity contribution in [2.24, 2.45) is 64.6 Å². The Labute approximate surface area is 150 Å². The van der Waals surface area contributed by atoms with E-state index in [2.05, 4.69) is 27.7 Å². The van der Waals surface area contributed by atoms with E-state index in [1.165, 1.54) is 12.3 Å². The monoisotopic (exact) mass is 328 g/mol. The average molecular weight is 329 g/mol. The molecule has 0 heteroatoms. The molecule has 0 N–H and O–H groups in total. The highest BCUT2D eigenvalue weighted by atomic mass is 14.7. The maximum atomic E-state index is 2.63. The zero-order valence-electron chi connectivity index (χ0n) is 16.6. The summed E-state index contributed by atoms with van der Waals surface area (Å²) in [5.74, 6) is 11.2. The van der Waals surface area contributed by atoms with Gasteiger partial charge in [-0.1, -0.05) is 47.0 Å². The normalized spacial score (nSPS) is 56.5. The molecule has 0 saturated heterocycles. The van der Waals surface area contributed by atoms with Gasteiger partial charge in [0.05, 0.1) is 0 Å². The molecule has 5 aliphatic carbocycles. The summed E-state index contributed by atoms with van der Waals surface area (Å²) in [7, 11) is 0. The summed E-state index contributed by atoms with van der Waals surface area (Å²) < 4.78 is 0. The molecule has 10 unspecified atom stereocenters. The van der Waals surface area contributed by atoms with Crippen LogP contribution in [-0.4, -0.2) is 0 Å². The minimum absolute atomic E-state index is 0.537. The molecular weight excluding hydrogens is 288 g/mol. The van der Waals surface area contributed by atoms with E-state index in [0.29, 0.717) is 5.41 Å². The molecule has 0 spiro atoms. The lowest BCUT2D eigenvalue weighted by Gasteiger charge is -2.54. The van der Waals surface area contributed by atoms with Gasteiger partial charge in [-0.05, 0) is 103 Å². The zero-order chi connectivity index (χ0) is 16.6. The van der Waals surface area contributed by atoms with E-state index in [9.17, 15) is 0 Å². The molecule has 0 amide bonds. The molecule has 0 aliphatic heterocycles. The highest BCUT2D eigenvalue weighted by Gasteiger charge is 2.62. The van der Waals surface area contributed by atoms with Gasteiger partial charge in [-0.25, -0.2) is 0 Å². The van der Waals surface area contributed by atoms with Crippen LogP contribution in [0.15, 0.2) is 0 Å². The first-order chi connectivity index (χ1) is 11.4. The molecule has 5 fully saturated rings. The number of hydrogen-bond donors (Lipinski definition) is 0. The Balaban J connectivity index is 1.46. The Morgan fingerprint density at radius 2 is 1.38 bits per heavy atom. The second-order valence-electron chi connectivity index (χ2n) is 11.8. The summed E-state index contributed by atoms with van der Waals surface area (Å²) in [6.45, 7) is 10.1. The Hall–Kier alpha value is 0. The Bertz CT molecular complexity index is 485. The standard InChI is InChI=1S/C24H40/c1-14-8-10-20-19-7-5-6-15-12-16-13-17(24(2,3)4)9-11-18(16)23(21(14)20)22(15)19/h14-23H,5-13H2,1-4H3. The second-order valence-corrected chi connectivity index (χ2v) is 11.8. The fourth-order valence-corrected chi connectivity index (χ4v) is 9.22. The highest BCUT2D eigenvalue weighted by Crippen LogP contribution is 2.69. The maximum absolute atomic E-state index is 2.63. The largest absolute Gasteiger partial charge is 0.0622 e. The van der Waals surface area contributed by atoms with E-state index >= 15 is 0 Å². The molecule has 0 aromatic rings. The zero-order valence-corrected chi connectivity index (χ0v) is 16.6. The first kappa shape index (κ1) is 16.2. The topological polar surface area (TPSA) is 0 Å². The molecule has 0 bridgehead atoms. The van der Waals surface area contributed by atoms with Crippen LogP contribution in [0.5, 0.6) is 0 Å². The van der Waals surface area contributed by atoms with Crippen LogP contribution in [0.4, 0.5) is 0 Å². The first-order valence-electron chi connectivity index (χ1n) is 11.4. The van der Waals surface area contributed by atoms with Crippen LogP contribution in [0.1, 0.15) is 85.5 Å². The maximum Gasteiger partial charge on any atom is -0.0316 e. The highest BCUT2D eigenvalue weighted by molar-refractivity contribution is 5.10. The molecule has 5 saturated carbocycles. The molecule has 5 aliphatic rings. The fourth-order valence-electron chi connectivity index (χ4n) is 9.22. The average Bonchev–Trinajstić information content (AvgIpc) is 3.07. The van der Waals surface area contributed by atoms with Crippen molar-refractivity contribution < 1.29 is 0 Å². The van der Waals surface area contributed by atoms with Crippen molar-refractivity contribution in [3.05, 3.63) is 0 Å². The van der Waals surface area contributed by atoms with Crippen molar-refractivity contribution in [3.63, 3.8) is 0 Å². The van der Waals surface area contributed by atoms with Crippen molar-refractivity contribution in [1.29, 1.82) is 0 Å². The molecule has 0 heterocycles. The summed E-state index contributed by atoms with van der Waals surface area (Å²) in [4.78, 5) is 0. The van der Waals surface area contributed by atoms with Crippen LogP contribution in [-0.2, 0) is 0 Å². The van der Waals surface area contributed by atoms with Gasteiger partial charge in [-0.3, -0.25) is 0 Å². The van der Waals surface area contributed by atoms with Gasteiger partial charge < -0.3 is 0 Å². The molecule has 5 rings (SSSR count). The van der Waals surface area contributed by atoms with E-state index in [4.69, 9.17) is 0 Å². The van der Waals surface area contributed by atoms with Crippen molar-refractivity contribution in [3.8, 4) is 0 Å². The molecule has 0 aromatic carbocycles. The summed E-state index contributed by atoms with van der Waals surface area (Å²) in [5, 5.41) is 0. The van der Waals surface area contributed by atoms with E-state index in [1.807, 2.05) is 0 Å². The molecule has 10 atom stereocenters. The lowest BCUT2D eigenvalue weighted by Crippen LogP contribution is -2.47. The first-order valence-corrected chi connectivity index (χ1v) is 11.4. The molecule has 0 radical (unpaired) electrons. The third-order valence-electron chi connectivity index (χ3n) is 10.1. The SMILES string of the molecule is CC1CCC2C3CCCC4CC5CC(C(C)(C)C)CCC5C(C12)C43. The van der Waals surface area contributed by atoms with Crippen LogP contribution >= 0.6 is 0 Å². The van der Waals surface area contributed by atoms with E-state index < -0.39 is 0 Å². The van der Waals surface area contributed by atoms with Gasteiger partial charge >= 0.3 is 0 Å². The lowest BCUT2D eigenvalue weighted by molar-refractivity contribution is -0.0509. The molecule has 0 nitrogen and oxygen atoms in total. The molecule has 24 heavy (non-hydrogen) atoms. The number of hydrogen-bond acceptors (Lipinski definition) is 0. The van der Waals surface area contributed by atoms with Gasteiger partial charge in [0.15, 0.2) is 0 Å². The van der Waals surface area contributed by atoms with Crippen LogP contribution in [0.3, 0.4) is 0 Å². The van der Waals surface area contributed by atoms with Gasteiger partial charge in [0.25, 0.3) is 0 Å². The van der Waals surface area contributed by atoms with Crippen molar-refractivity contribution in [1.82, 2.24) is 0 Å². The molecule has 136 valence electrons. The summed E-state index contributed by atoms with van der Waals surface area (Å²) in [6, 6.07) is 0. The predicted octanol–water partition coefficient (Wildman–Crippen LogP) is 6.79. The van der Waals surface area contributed by atoms with E-state index in [0.717, 1.165) is 53.3 Å². The Morgan fingerprint density at radius 1 is 0.625 bits per heavy atom. The van der Waals surface area contributed by atoms with Crippen molar-refractivity contribution >= 4 is 0 Å². The lowest BCUT2D eigenvalue weighted by atomic mass is 9.51. The van der Waals surface area contributed by atoms with Gasteiger partial charge in [0.1, 0.15) is 0 Å². The molecule has 0 aromatic heterocycles. The summed E-state index contributed by atoms with van der Waals surface area (Å²) in [6.07, 6.45) is 14.2. The second kappa shape index (κ2) is 5.50. The van der Waals surface area contributed by atoms with Crippen LogP contribution in [0.2, 0.25) is 0 Å². The smallest absolute Gasteiger partial charge is 0.0316 e. The Kier molecular flexibility index (Phi) is 3.71. The van der Waals surface area contributed by atoms with Crippen LogP contribution in [0.25, 0.3) is 0 Å². The van der Waals surface area contributed by atoms with Gasteiger partial charge in [-0.2, -0.15) is 0 Å². The van der Waals surface area contributed by atoms with Gasteiger partial charge in [-0.15, -0.1) is 0 Å². The van der Waals surface area contributed by atoms with Crippen LogP contribution < -0.4 is 0 Å².